The molecule has 1 aromatic rings. The highest BCUT2D eigenvalue weighted by molar-refractivity contribution is 14.0. The van der Waals surface area contributed by atoms with Gasteiger partial charge in [-0.3, -0.25) is 4.90 Å². The molecule has 166 valence electrons. The van der Waals surface area contributed by atoms with Crippen molar-refractivity contribution in [2.24, 2.45) is 10.9 Å². The van der Waals surface area contributed by atoms with E-state index in [4.69, 9.17) is 14.5 Å². The summed E-state index contributed by atoms with van der Waals surface area (Å²) in [6, 6.07) is 8.95. The monoisotopic (exact) mass is 518 g/mol. The summed E-state index contributed by atoms with van der Waals surface area (Å²) in [5.74, 6) is 1.55. The fraction of sp³-hybridized carbons (Fsp3) is 0.682. The molecule has 1 heterocycles. The van der Waals surface area contributed by atoms with Crippen LogP contribution in [-0.4, -0.2) is 63.4 Å². The van der Waals surface area contributed by atoms with E-state index in [0.717, 1.165) is 45.4 Å². The van der Waals surface area contributed by atoms with E-state index < -0.39 is 0 Å². The summed E-state index contributed by atoms with van der Waals surface area (Å²) in [6.07, 6.45) is 1.17. The average Bonchev–Trinajstić information content (AvgIpc) is 2.70. The summed E-state index contributed by atoms with van der Waals surface area (Å²) in [5, 5.41) is 6.93. The highest BCUT2D eigenvalue weighted by Gasteiger charge is 2.22. The van der Waals surface area contributed by atoms with Crippen LogP contribution >= 0.6 is 24.0 Å². The van der Waals surface area contributed by atoms with Crippen LogP contribution < -0.4 is 10.6 Å². The van der Waals surface area contributed by atoms with Crippen LogP contribution in [0.5, 0.6) is 0 Å². The zero-order valence-electron chi connectivity index (χ0n) is 18.4. The number of guanidine groups is 1. The van der Waals surface area contributed by atoms with E-state index in [0.29, 0.717) is 25.1 Å². The van der Waals surface area contributed by atoms with Crippen molar-refractivity contribution in [3.05, 3.63) is 35.4 Å². The molecule has 1 saturated heterocycles. The van der Waals surface area contributed by atoms with Crippen molar-refractivity contribution in [3.63, 3.8) is 0 Å². The summed E-state index contributed by atoms with van der Waals surface area (Å²) in [5.41, 5.74) is 2.38. The lowest BCUT2D eigenvalue weighted by molar-refractivity contribution is 0.0132. The van der Waals surface area contributed by atoms with Crippen molar-refractivity contribution in [2.45, 2.75) is 46.4 Å². The van der Waals surface area contributed by atoms with E-state index in [1.807, 2.05) is 0 Å². The van der Waals surface area contributed by atoms with Crippen molar-refractivity contribution in [1.82, 2.24) is 15.5 Å². The Kier molecular flexibility index (Phi) is 13.5. The summed E-state index contributed by atoms with van der Waals surface area (Å²) in [4.78, 5) is 7.33. The molecule has 0 amide bonds. The molecule has 1 atom stereocenters. The molecule has 1 aliphatic heterocycles. The van der Waals surface area contributed by atoms with Crippen molar-refractivity contribution < 1.29 is 9.47 Å². The molecule has 29 heavy (non-hydrogen) atoms. The number of nitrogens with zero attached hydrogens (tertiary/aromatic N) is 2. The number of halogens is 1. The Bertz CT molecular complexity index is 575. The number of aliphatic imine (C=N–C) groups is 1. The zero-order valence-corrected chi connectivity index (χ0v) is 20.8. The Hall–Kier alpha value is -0.900. The minimum absolute atomic E-state index is 0. The number of hydrogen-bond acceptors (Lipinski definition) is 4. The number of morpholine rings is 1. The second kappa shape index (κ2) is 15.0. The molecule has 0 radical (unpaired) electrons. The minimum atomic E-state index is 0. The van der Waals surface area contributed by atoms with Gasteiger partial charge < -0.3 is 20.1 Å². The Morgan fingerprint density at radius 3 is 2.38 bits per heavy atom. The third kappa shape index (κ3) is 10.1. The smallest absolute Gasteiger partial charge is 0.191 e. The maximum Gasteiger partial charge on any atom is 0.191 e. The molecule has 0 aromatic heterocycles. The molecular formula is C22H39IN4O2. The minimum Gasteiger partial charge on any atom is -0.380 e. The predicted octanol–water partition coefficient (Wildman–Crippen LogP) is 3.25. The predicted molar refractivity (Wildman–Crippen MR) is 131 cm³/mol. The van der Waals surface area contributed by atoms with Crippen LogP contribution in [0.4, 0.5) is 0 Å². The molecular weight excluding hydrogens is 479 g/mol. The summed E-state index contributed by atoms with van der Waals surface area (Å²) < 4.78 is 10.7. The molecule has 2 rings (SSSR count). The quantitative estimate of drug-likeness (QED) is 0.283. The van der Waals surface area contributed by atoms with Gasteiger partial charge in [0, 0.05) is 39.3 Å². The van der Waals surface area contributed by atoms with E-state index in [2.05, 4.69) is 60.6 Å². The van der Waals surface area contributed by atoms with Gasteiger partial charge in [0.25, 0.3) is 0 Å². The van der Waals surface area contributed by atoms with E-state index in [1.54, 1.807) is 7.11 Å². The van der Waals surface area contributed by atoms with Crippen LogP contribution in [-0.2, 0) is 22.6 Å². The number of methoxy groups -OCH3 is 1. The first kappa shape index (κ1) is 26.1. The number of nitrogens with one attached hydrogen (secondary N) is 2. The molecule has 0 bridgehead atoms. The molecule has 7 heteroatoms. The number of ether oxygens (including phenoxy) is 2. The summed E-state index contributed by atoms with van der Waals surface area (Å²) >= 11 is 0. The van der Waals surface area contributed by atoms with E-state index in [1.165, 1.54) is 17.5 Å². The molecule has 1 aromatic carbocycles. The van der Waals surface area contributed by atoms with Gasteiger partial charge in [-0.05, 0) is 30.4 Å². The Labute approximate surface area is 193 Å². The summed E-state index contributed by atoms with van der Waals surface area (Å²) in [7, 11) is 1.72. The second-order valence-corrected chi connectivity index (χ2v) is 7.76. The maximum absolute atomic E-state index is 5.52. The fourth-order valence-corrected chi connectivity index (χ4v) is 3.48. The van der Waals surface area contributed by atoms with Crippen LogP contribution in [0.15, 0.2) is 29.3 Å². The van der Waals surface area contributed by atoms with Crippen LogP contribution in [0, 0.1) is 5.92 Å². The zero-order chi connectivity index (χ0) is 20.2. The number of rotatable bonds is 10. The molecule has 0 aliphatic carbocycles. The lowest BCUT2D eigenvalue weighted by Crippen LogP contribution is -2.51. The first-order chi connectivity index (χ1) is 13.6. The maximum atomic E-state index is 5.52. The third-order valence-corrected chi connectivity index (χ3v) is 4.91. The molecule has 0 spiro atoms. The molecule has 1 aliphatic rings. The van der Waals surface area contributed by atoms with Gasteiger partial charge in [0.05, 0.1) is 26.4 Å². The Balaban J connectivity index is 0.00000420. The fourth-order valence-electron chi connectivity index (χ4n) is 3.48. The largest absolute Gasteiger partial charge is 0.380 e. The second-order valence-electron chi connectivity index (χ2n) is 7.76. The highest BCUT2D eigenvalue weighted by atomic mass is 127. The normalized spacial score (nSPS) is 16.4. The number of hydrogen-bond donors (Lipinski definition) is 2. The van der Waals surface area contributed by atoms with Gasteiger partial charge in [-0.25, -0.2) is 4.99 Å². The van der Waals surface area contributed by atoms with Gasteiger partial charge in [0.15, 0.2) is 5.96 Å². The molecule has 2 N–H and O–H groups in total. The van der Waals surface area contributed by atoms with E-state index in [9.17, 15) is 0 Å². The number of benzene rings is 1. The summed E-state index contributed by atoms with van der Waals surface area (Å²) in [6.45, 7) is 13.4. The molecule has 6 nitrogen and oxygen atoms in total. The first-order valence-electron chi connectivity index (χ1n) is 10.5. The van der Waals surface area contributed by atoms with Crippen LogP contribution in [0.25, 0.3) is 0 Å². The standard InChI is InChI=1S/C22H38N4O2.HI/c1-5-23-22(24-15-19-6-8-20(9-7-19)17-27-4)25-16-21(14-18(2)3)26-10-12-28-13-11-26;/h6-9,18,21H,5,10-17H2,1-4H3,(H2,23,24,25);1H. The highest BCUT2D eigenvalue weighted by Crippen LogP contribution is 2.13. The van der Waals surface area contributed by atoms with Gasteiger partial charge in [0.2, 0.25) is 0 Å². The van der Waals surface area contributed by atoms with Crippen molar-refractivity contribution >= 4 is 29.9 Å². The van der Waals surface area contributed by atoms with Crippen LogP contribution in [0.3, 0.4) is 0 Å². The van der Waals surface area contributed by atoms with Gasteiger partial charge in [-0.1, -0.05) is 38.1 Å². The van der Waals surface area contributed by atoms with Crippen molar-refractivity contribution in [2.75, 3.05) is 46.5 Å². The lowest BCUT2D eigenvalue weighted by Gasteiger charge is -2.35. The van der Waals surface area contributed by atoms with Gasteiger partial charge in [-0.15, -0.1) is 24.0 Å². The van der Waals surface area contributed by atoms with Gasteiger partial charge in [-0.2, -0.15) is 0 Å². The molecule has 1 unspecified atom stereocenters. The molecule has 1 fully saturated rings. The SMILES string of the molecule is CCNC(=NCc1ccc(COC)cc1)NCC(CC(C)C)N1CCOCC1.I. The van der Waals surface area contributed by atoms with Crippen molar-refractivity contribution in [1.29, 1.82) is 0 Å². The Morgan fingerprint density at radius 1 is 1.14 bits per heavy atom. The van der Waals surface area contributed by atoms with Crippen LogP contribution in [0.1, 0.15) is 38.3 Å². The third-order valence-electron chi connectivity index (χ3n) is 4.91. The van der Waals surface area contributed by atoms with E-state index in [-0.39, 0.29) is 24.0 Å². The first-order valence-corrected chi connectivity index (χ1v) is 10.5. The Morgan fingerprint density at radius 2 is 1.79 bits per heavy atom. The van der Waals surface area contributed by atoms with Gasteiger partial charge in [0.1, 0.15) is 0 Å². The van der Waals surface area contributed by atoms with Crippen LogP contribution in [0.2, 0.25) is 0 Å². The lowest BCUT2D eigenvalue weighted by atomic mass is 10.0. The van der Waals surface area contributed by atoms with Crippen molar-refractivity contribution in [3.8, 4) is 0 Å². The van der Waals surface area contributed by atoms with Gasteiger partial charge >= 0.3 is 0 Å². The molecule has 0 saturated carbocycles. The topological polar surface area (TPSA) is 58.1 Å². The average molecular weight is 518 g/mol. The van der Waals surface area contributed by atoms with E-state index >= 15 is 0 Å².